The molecule has 0 amide bonds. The SMILES string of the molecule is CC(C)CNCC(C)CCSc1ccccc1. The second kappa shape index (κ2) is 8.60. The molecule has 0 saturated carbocycles. The van der Waals surface area contributed by atoms with Crippen molar-refractivity contribution >= 4 is 11.8 Å². The minimum atomic E-state index is 0.751. The Morgan fingerprint density at radius 3 is 2.41 bits per heavy atom. The van der Waals surface area contributed by atoms with Crippen molar-refractivity contribution in [1.29, 1.82) is 0 Å². The van der Waals surface area contributed by atoms with E-state index in [9.17, 15) is 0 Å². The van der Waals surface area contributed by atoms with E-state index in [2.05, 4.69) is 56.4 Å². The van der Waals surface area contributed by atoms with E-state index in [0.29, 0.717) is 0 Å². The number of hydrogen-bond acceptors (Lipinski definition) is 2. The third-order valence-corrected chi connectivity index (χ3v) is 3.71. The Kier molecular flexibility index (Phi) is 7.38. The highest BCUT2D eigenvalue weighted by Gasteiger charge is 2.02. The van der Waals surface area contributed by atoms with Crippen molar-refractivity contribution in [3.05, 3.63) is 30.3 Å². The van der Waals surface area contributed by atoms with E-state index < -0.39 is 0 Å². The molecule has 0 spiro atoms. The Morgan fingerprint density at radius 2 is 1.76 bits per heavy atom. The highest BCUT2D eigenvalue weighted by Crippen LogP contribution is 2.19. The zero-order valence-electron chi connectivity index (χ0n) is 11.3. The normalized spacial score (nSPS) is 12.9. The summed E-state index contributed by atoms with van der Waals surface area (Å²) in [5.41, 5.74) is 0. The van der Waals surface area contributed by atoms with Crippen LogP contribution in [0.2, 0.25) is 0 Å². The average molecular weight is 251 g/mol. The Balaban J connectivity index is 2.06. The zero-order valence-corrected chi connectivity index (χ0v) is 12.1. The van der Waals surface area contributed by atoms with E-state index in [1.807, 2.05) is 11.8 Å². The molecule has 0 saturated heterocycles. The first-order valence-electron chi connectivity index (χ1n) is 6.57. The van der Waals surface area contributed by atoms with Gasteiger partial charge in [0.25, 0.3) is 0 Å². The van der Waals surface area contributed by atoms with E-state index >= 15 is 0 Å². The Hall–Kier alpha value is -0.470. The van der Waals surface area contributed by atoms with Gasteiger partial charge in [0, 0.05) is 4.90 Å². The third kappa shape index (κ3) is 7.45. The largest absolute Gasteiger partial charge is 0.316 e. The summed E-state index contributed by atoms with van der Waals surface area (Å²) in [6.07, 6.45) is 1.28. The molecule has 2 heteroatoms. The Labute approximate surface area is 110 Å². The fourth-order valence-corrected chi connectivity index (χ4v) is 2.72. The summed E-state index contributed by atoms with van der Waals surface area (Å²) < 4.78 is 0. The summed E-state index contributed by atoms with van der Waals surface area (Å²) in [5.74, 6) is 2.74. The summed E-state index contributed by atoms with van der Waals surface area (Å²) in [7, 11) is 0. The van der Waals surface area contributed by atoms with Gasteiger partial charge in [-0.15, -0.1) is 11.8 Å². The maximum Gasteiger partial charge on any atom is 0.00719 e. The molecule has 1 unspecified atom stereocenters. The predicted molar refractivity (Wildman–Crippen MR) is 78.7 cm³/mol. The van der Waals surface area contributed by atoms with Crippen molar-refractivity contribution < 1.29 is 0 Å². The van der Waals surface area contributed by atoms with Crippen LogP contribution in [-0.4, -0.2) is 18.8 Å². The summed E-state index contributed by atoms with van der Waals surface area (Å²) in [5, 5.41) is 3.52. The lowest BCUT2D eigenvalue weighted by Crippen LogP contribution is -2.25. The molecule has 1 N–H and O–H groups in total. The molecule has 0 heterocycles. The maximum atomic E-state index is 3.52. The highest BCUT2D eigenvalue weighted by molar-refractivity contribution is 7.99. The number of rotatable bonds is 8. The molecule has 0 aromatic heterocycles. The van der Waals surface area contributed by atoms with E-state index in [1.54, 1.807) is 0 Å². The quantitative estimate of drug-likeness (QED) is 0.700. The first kappa shape index (κ1) is 14.6. The summed E-state index contributed by atoms with van der Waals surface area (Å²) >= 11 is 1.96. The van der Waals surface area contributed by atoms with Gasteiger partial charge >= 0.3 is 0 Å². The van der Waals surface area contributed by atoms with Crippen molar-refractivity contribution in [2.75, 3.05) is 18.8 Å². The van der Waals surface area contributed by atoms with Gasteiger partial charge in [0.2, 0.25) is 0 Å². The van der Waals surface area contributed by atoms with Crippen LogP contribution >= 0.6 is 11.8 Å². The van der Waals surface area contributed by atoms with Crippen LogP contribution in [0.1, 0.15) is 27.2 Å². The number of nitrogens with one attached hydrogen (secondary N) is 1. The van der Waals surface area contributed by atoms with Crippen LogP contribution < -0.4 is 5.32 Å². The molecule has 0 aliphatic heterocycles. The lowest BCUT2D eigenvalue weighted by Gasteiger charge is -2.13. The lowest BCUT2D eigenvalue weighted by atomic mass is 10.1. The smallest absolute Gasteiger partial charge is 0.00719 e. The summed E-state index contributed by atoms with van der Waals surface area (Å²) in [4.78, 5) is 1.38. The molecule has 17 heavy (non-hydrogen) atoms. The van der Waals surface area contributed by atoms with Gasteiger partial charge < -0.3 is 5.32 Å². The van der Waals surface area contributed by atoms with Gasteiger partial charge in [-0.25, -0.2) is 0 Å². The summed E-state index contributed by atoms with van der Waals surface area (Å²) in [6.45, 7) is 9.12. The van der Waals surface area contributed by atoms with E-state index in [1.165, 1.54) is 17.1 Å². The minimum Gasteiger partial charge on any atom is -0.316 e. The van der Waals surface area contributed by atoms with Crippen LogP contribution in [0.15, 0.2) is 35.2 Å². The van der Waals surface area contributed by atoms with Gasteiger partial charge in [0.15, 0.2) is 0 Å². The fourth-order valence-electron chi connectivity index (χ4n) is 1.62. The van der Waals surface area contributed by atoms with Crippen LogP contribution in [0, 0.1) is 11.8 Å². The summed E-state index contributed by atoms with van der Waals surface area (Å²) in [6, 6.07) is 10.7. The van der Waals surface area contributed by atoms with Crippen molar-refractivity contribution in [3.63, 3.8) is 0 Å². The van der Waals surface area contributed by atoms with Crippen LogP contribution in [0.5, 0.6) is 0 Å². The van der Waals surface area contributed by atoms with Crippen molar-refractivity contribution in [3.8, 4) is 0 Å². The van der Waals surface area contributed by atoms with Crippen molar-refractivity contribution in [1.82, 2.24) is 5.32 Å². The molecule has 0 fully saturated rings. The van der Waals surface area contributed by atoms with E-state index in [4.69, 9.17) is 0 Å². The molecule has 1 rings (SSSR count). The molecule has 96 valence electrons. The zero-order chi connectivity index (χ0) is 12.5. The maximum absolute atomic E-state index is 3.52. The average Bonchev–Trinajstić information content (AvgIpc) is 2.30. The first-order chi connectivity index (χ1) is 8.18. The van der Waals surface area contributed by atoms with Crippen LogP contribution in [0.4, 0.5) is 0 Å². The molecule has 1 aromatic rings. The van der Waals surface area contributed by atoms with Gasteiger partial charge in [-0.2, -0.15) is 0 Å². The van der Waals surface area contributed by atoms with Crippen LogP contribution in [-0.2, 0) is 0 Å². The molecule has 1 aromatic carbocycles. The van der Waals surface area contributed by atoms with Crippen LogP contribution in [0.25, 0.3) is 0 Å². The Bertz CT molecular complexity index is 284. The van der Waals surface area contributed by atoms with E-state index in [-0.39, 0.29) is 0 Å². The van der Waals surface area contributed by atoms with Gasteiger partial charge in [0.1, 0.15) is 0 Å². The molecule has 1 atom stereocenters. The second-order valence-electron chi connectivity index (χ2n) is 5.11. The van der Waals surface area contributed by atoms with Gasteiger partial charge in [-0.1, -0.05) is 39.0 Å². The molecular weight excluding hydrogens is 226 g/mol. The predicted octanol–water partition coefficient (Wildman–Crippen LogP) is 4.05. The fraction of sp³-hybridized carbons (Fsp3) is 0.600. The standard InChI is InChI=1S/C15H25NS/c1-13(2)11-16-12-14(3)9-10-17-15-7-5-4-6-8-15/h4-8,13-14,16H,9-12H2,1-3H3. The monoisotopic (exact) mass is 251 g/mol. The number of hydrogen-bond donors (Lipinski definition) is 1. The van der Waals surface area contributed by atoms with E-state index in [0.717, 1.165) is 24.9 Å². The molecule has 0 aliphatic rings. The molecule has 1 nitrogen and oxygen atoms in total. The molecule has 0 aliphatic carbocycles. The first-order valence-corrected chi connectivity index (χ1v) is 7.55. The second-order valence-corrected chi connectivity index (χ2v) is 6.28. The molecule has 0 bridgehead atoms. The third-order valence-electron chi connectivity index (χ3n) is 2.67. The number of thioether (sulfide) groups is 1. The van der Waals surface area contributed by atoms with Gasteiger partial charge in [-0.05, 0) is 49.2 Å². The topological polar surface area (TPSA) is 12.0 Å². The van der Waals surface area contributed by atoms with Gasteiger partial charge in [0.05, 0.1) is 0 Å². The molecular formula is C15H25NS. The van der Waals surface area contributed by atoms with Crippen molar-refractivity contribution in [2.45, 2.75) is 32.1 Å². The lowest BCUT2D eigenvalue weighted by molar-refractivity contribution is 0.468. The highest BCUT2D eigenvalue weighted by atomic mass is 32.2. The number of benzene rings is 1. The minimum absolute atomic E-state index is 0.751. The Morgan fingerprint density at radius 1 is 1.06 bits per heavy atom. The molecule has 0 radical (unpaired) electrons. The van der Waals surface area contributed by atoms with Gasteiger partial charge in [-0.3, -0.25) is 0 Å². The van der Waals surface area contributed by atoms with Crippen molar-refractivity contribution in [2.24, 2.45) is 11.8 Å². The van der Waals surface area contributed by atoms with Crippen LogP contribution in [0.3, 0.4) is 0 Å².